The molecule has 0 radical (unpaired) electrons. The third-order valence-electron chi connectivity index (χ3n) is 4.68. The fourth-order valence-electron chi connectivity index (χ4n) is 3.50. The lowest BCUT2D eigenvalue weighted by Crippen LogP contribution is -2.46. The number of benzene rings is 1. The molecule has 1 fully saturated rings. The summed E-state index contributed by atoms with van der Waals surface area (Å²) in [4.78, 5) is 12.2. The van der Waals surface area contributed by atoms with E-state index in [1.165, 1.54) is 24.0 Å². The molecule has 2 N–H and O–H groups in total. The lowest BCUT2D eigenvalue weighted by molar-refractivity contribution is -0.123. The Morgan fingerprint density at radius 1 is 1.20 bits per heavy atom. The van der Waals surface area contributed by atoms with Crippen LogP contribution in [0.15, 0.2) is 24.3 Å². The molecule has 1 aromatic rings. The molecular weight excluding hydrogens is 248 g/mol. The van der Waals surface area contributed by atoms with Crippen molar-refractivity contribution in [2.45, 2.75) is 63.6 Å². The Morgan fingerprint density at radius 3 is 2.75 bits per heavy atom. The van der Waals surface area contributed by atoms with Crippen molar-refractivity contribution in [3.63, 3.8) is 0 Å². The second-order valence-corrected chi connectivity index (χ2v) is 6.17. The zero-order chi connectivity index (χ0) is 13.9. The van der Waals surface area contributed by atoms with Crippen LogP contribution in [0.3, 0.4) is 0 Å². The van der Waals surface area contributed by atoms with E-state index in [2.05, 4.69) is 34.9 Å². The largest absolute Gasteiger partial charge is 0.352 e. The molecule has 0 spiro atoms. The van der Waals surface area contributed by atoms with Crippen LogP contribution in [0.4, 0.5) is 0 Å². The van der Waals surface area contributed by atoms with Crippen LogP contribution >= 0.6 is 0 Å². The number of nitrogens with one attached hydrogen (secondary N) is 2. The molecule has 0 aliphatic heterocycles. The molecule has 108 valence electrons. The van der Waals surface area contributed by atoms with Crippen LogP contribution in [-0.2, 0) is 11.2 Å². The number of fused-ring (bicyclic) bond motifs is 1. The van der Waals surface area contributed by atoms with E-state index in [0.717, 1.165) is 25.7 Å². The summed E-state index contributed by atoms with van der Waals surface area (Å²) >= 11 is 0. The first-order valence-corrected chi connectivity index (χ1v) is 7.88. The van der Waals surface area contributed by atoms with Gasteiger partial charge in [-0.25, -0.2) is 0 Å². The topological polar surface area (TPSA) is 41.1 Å². The van der Waals surface area contributed by atoms with Gasteiger partial charge in [0.05, 0.1) is 6.04 Å². The van der Waals surface area contributed by atoms with Gasteiger partial charge in [0.1, 0.15) is 0 Å². The third-order valence-corrected chi connectivity index (χ3v) is 4.68. The van der Waals surface area contributed by atoms with Crippen LogP contribution in [0.2, 0.25) is 0 Å². The maximum absolute atomic E-state index is 12.2. The van der Waals surface area contributed by atoms with Crippen LogP contribution in [0.25, 0.3) is 0 Å². The number of hydrogen-bond donors (Lipinski definition) is 2. The van der Waals surface area contributed by atoms with Gasteiger partial charge in [-0.15, -0.1) is 0 Å². The second-order valence-electron chi connectivity index (χ2n) is 6.17. The minimum atomic E-state index is -0.119. The van der Waals surface area contributed by atoms with Gasteiger partial charge in [0.15, 0.2) is 0 Å². The van der Waals surface area contributed by atoms with E-state index in [-0.39, 0.29) is 11.9 Å². The van der Waals surface area contributed by atoms with Gasteiger partial charge in [-0.1, -0.05) is 37.1 Å². The summed E-state index contributed by atoms with van der Waals surface area (Å²) in [5.41, 5.74) is 2.79. The number of amides is 1. The molecule has 3 rings (SSSR count). The number of carbonyl (C=O) groups excluding carboxylic acids is 1. The van der Waals surface area contributed by atoms with Gasteiger partial charge in [-0.2, -0.15) is 0 Å². The van der Waals surface area contributed by atoms with Gasteiger partial charge in [-0.05, 0) is 43.7 Å². The summed E-state index contributed by atoms with van der Waals surface area (Å²) < 4.78 is 0. The summed E-state index contributed by atoms with van der Waals surface area (Å²) in [6.07, 6.45) is 7.01. The molecule has 1 aromatic carbocycles. The molecule has 2 unspecified atom stereocenters. The van der Waals surface area contributed by atoms with Crippen molar-refractivity contribution < 1.29 is 4.79 Å². The molecular formula is C17H24N2O. The monoisotopic (exact) mass is 272 g/mol. The molecule has 3 heteroatoms. The van der Waals surface area contributed by atoms with Crippen LogP contribution in [0.1, 0.15) is 56.2 Å². The standard InChI is InChI=1S/C17H24N2O/c1-12(17(20)19-14-7-3-4-8-14)18-16-11-10-13-6-2-5-9-15(13)16/h2,5-6,9,12,14,16,18H,3-4,7-8,10-11H2,1H3,(H,19,20). The summed E-state index contributed by atoms with van der Waals surface area (Å²) in [6, 6.07) is 9.17. The van der Waals surface area contributed by atoms with E-state index < -0.39 is 0 Å². The third kappa shape index (κ3) is 2.88. The predicted molar refractivity (Wildman–Crippen MR) is 80.5 cm³/mol. The number of rotatable bonds is 4. The minimum Gasteiger partial charge on any atom is -0.352 e. The maximum atomic E-state index is 12.2. The molecule has 3 nitrogen and oxygen atoms in total. The van der Waals surface area contributed by atoms with Crippen molar-refractivity contribution in [2.24, 2.45) is 0 Å². The van der Waals surface area contributed by atoms with Gasteiger partial charge in [0.2, 0.25) is 5.91 Å². The highest BCUT2D eigenvalue weighted by atomic mass is 16.2. The van der Waals surface area contributed by atoms with E-state index >= 15 is 0 Å². The summed E-state index contributed by atoms with van der Waals surface area (Å²) in [7, 11) is 0. The van der Waals surface area contributed by atoms with Crippen molar-refractivity contribution >= 4 is 5.91 Å². The number of carbonyl (C=O) groups is 1. The Kier molecular flexibility index (Phi) is 4.06. The Labute approximate surface area is 121 Å². The molecule has 0 heterocycles. The van der Waals surface area contributed by atoms with Gasteiger partial charge in [0, 0.05) is 12.1 Å². The lowest BCUT2D eigenvalue weighted by atomic mass is 10.1. The van der Waals surface area contributed by atoms with Crippen LogP contribution in [-0.4, -0.2) is 18.0 Å². The van der Waals surface area contributed by atoms with Gasteiger partial charge in [0.25, 0.3) is 0 Å². The first kappa shape index (κ1) is 13.6. The minimum absolute atomic E-state index is 0.119. The Bertz CT molecular complexity index is 480. The molecule has 2 aliphatic carbocycles. The van der Waals surface area contributed by atoms with Crippen molar-refractivity contribution in [3.8, 4) is 0 Å². The highest BCUT2D eigenvalue weighted by Crippen LogP contribution is 2.31. The average Bonchev–Trinajstić information content (AvgIpc) is 3.09. The van der Waals surface area contributed by atoms with Crippen LogP contribution < -0.4 is 10.6 Å². The van der Waals surface area contributed by atoms with Gasteiger partial charge >= 0.3 is 0 Å². The summed E-state index contributed by atoms with van der Waals surface area (Å²) in [5.74, 6) is 0.154. The van der Waals surface area contributed by atoms with Gasteiger partial charge in [-0.3, -0.25) is 10.1 Å². The normalized spacial score (nSPS) is 23.6. The van der Waals surface area contributed by atoms with Crippen LogP contribution in [0, 0.1) is 0 Å². The summed E-state index contributed by atoms with van der Waals surface area (Å²) in [6.45, 7) is 1.98. The second kappa shape index (κ2) is 5.96. The maximum Gasteiger partial charge on any atom is 0.237 e. The fraction of sp³-hybridized carbons (Fsp3) is 0.588. The Morgan fingerprint density at radius 2 is 1.95 bits per heavy atom. The zero-order valence-electron chi connectivity index (χ0n) is 12.2. The molecule has 1 saturated carbocycles. The van der Waals surface area contributed by atoms with Crippen molar-refractivity contribution in [1.82, 2.24) is 10.6 Å². The molecule has 2 atom stereocenters. The van der Waals surface area contributed by atoms with Crippen molar-refractivity contribution in [1.29, 1.82) is 0 Å². The lowest BCUT2D eigenvalue weighted by Gasteiger charge is -2.22. The molecule has 0 aromatic heterocycles. The zero-order valence-corrected chi connectivity index (χ0v) is 12.2. The van der Waals surface area contributed by atoms with E-state index in [9.17, 15) is 4.79 Å². The quantitative estimate of drug-likeness (QED) is 0.885. The Balaban J connectivity index is 1.56. The summed E-state index contributed by atoms with van der Waals surface area (Å²) in [5, 5.41) is 6.67. The van der Waals surface area contributed by atoms with Crippen LogP contribution in [0.5, 0.6) is 0 Å². The Hall–Kier alpha value is -1.35. The van der Waals surface area contributed by atoms with Gasteiger partial charge < -0.3 is 5.32 Å². The highest BCUT2D eigenvalue weighted by Gasteiger charge is 2.26. The van der Waals surface area contributed by atoms with Crippen molar-refractivity contribution in [2.75, 3.05) is 0 Å². The molecule has 0 bridgehead atoms. The molecule has 2 aliphatic rings. The van der Waals surface area contributed by atoms with E-state index in [1.807, 2.05) is 6.92 Å². The predicted octanol–water partition coefficient (Wildman–Crippen LogP) is 2.71. The average molecular weight is 272 g/mol. The first-order valence-electron chi connectivity index (χ1n) is 7.88. The highest BCUT2D eigenvalue weighted by molar-refractivity contribution is 5.81. The molecule has 20 heavy (non-hydrogen) atoms. The molecule has 0 saturated heterocycles. The van der Waals surface area contributed by atoms with E-state index in [1.54, 1.807) is 0 Å². The first-order chi connectivity index (χ1) is 9.74. The van der Waals surface area contributed by atoms with Crippen molar-refractivity contribution in [3.05, 3.63) is 35.4 Å². The van der Waals surface area contributed by atoms with E-state index in [0.29, 0.717) is 12.1 Å². The fourth-order valence-corrected chi connectivity index (χ4v) is 3.50. The number of hydrogen-bond acceptors (Lipinski definition) is 2. The van der Waals surface area contributed by atoms with E-state index in [4.69, 9.17) is 0 Å². The molecule has 1 amide bonds. The smallest absolute Gasteiger partial charge is 0.237 e. The number of aryl methyl sites for hydroxylation is 1. The SMILES string of the molecule is CC(NC1CCc2ccccc21)C(=O)NC1CCCC1.